The topological polar surface area (TPSA) is 66.4 Å². The van der Waals surface area contributed by atoms with Gasteiger partial charge in [0.15, 0.2) is 0 Å². The van der Waals surface area contributed by atoms with Crippen LogP contribution in [0.3, 0.4) is 0 Å². The summed E-state index contributed by atoms with van der Waals surface area (Å²) in [6.45, 7) is 1.88. The first-order valence-electron chi connectivity index (χ1n) is 5.82. The van der Waals surface area contributed by atoms with E-state index in [9.17, 15) is 8.42 Å². The summed E-state index contributed by atoms with van der Waals surface area (Å²) in [7, 11) is -3.36. The van der Waals surface area contributed by atoms with Crippen LogP contribution in [-0.2, 0) is 15.8 Å². The van der Waals surface area contributed by atoms with E-state index in [-0.39, 0.29) is 18.4 Å². The fraction of sp³-hybridized carbons (Fsp3) is 0.500. The highest BCUT2D eigenvalue weighted by molar-refractivity contribution is 9.10. The Labute approximate surface area is 117 Å². The monoisotopic (exact) mass is 335 g/mol. The van der Waals surface area contributed by atoms with Crippen molar-refractivity contribution in [2.75, 3.05) is 6.61 Å². The van der Waals surface area contributed by atoms with Crippen molar-refractivity contribution in [1.29, 1.82) is 0 Å². The van der Waals surface area contributed by atoms with Crippen LogP contribution in [0.25, 0.3) is 0 Å². The van der Waals surface area contributed by atoms with Gasteiger partial charge in [-0.3, -0.25) is 0 Å². The average Bonchev–Trinajstić information content (AvgIpc) is 2.31. The smallest absolute Gasteiger partial charge is 0.216 e. The summed E-state index contributed by atoms with van der Waals surface area (Å²) in [6, 6.07) is 6.98. The molecule has 0 heterocycles. The van der Waals surface area contributed by atoms with Gasteiger partial charge in [-0.25, -0.2) is 13.1 Å². The number of sulfonamides is 1. The van der Waals surface area contributed by atoms with Crippen LogP contribution in [0.2, 0.25) is 0 Å². The molecule has 0 fully saturated rings. The quantitative estimate of drug-likeness (QED) is 0.801. The Morgan fingerprint density at radius 1 is 1.33 bits per heavy atom. The van der Waals surface area contributed by atoms with E-state index in [0.29, 0.717) is 12.8 Å². The first-order chi connectivity index (χ1) is 8.46. The second kappa shape index (κ2) is 7.23. The molecule has 0 aliphatic heterocycles. The molecule has 2 N–H and O–H groups in total. The average molecular weight is 336 g/mol. The zero-order valence-corrected chi connectivity index (χ0v) is 12.7. The molecule has 0 spiro atoms. The largest absolute Gasteiger partial charge is 0.396 e. The molecule has 0 aliphatic rings. The summed E-state index contributed by atoms with van der Waals surface area (Å²) >= 11 is 3.30. The summed E-state index contributed by atoms with van der Waals surface area (Å²) in [5.41, 5.74) is 0.740. The van der Waals surface area contributed by atoms with Crippen molar-refractivity contribution in [1.82, 2.24) is 4.72 Å². The van der Waals surface area contributed by atoms with Crippen LogP contribution >= 0.6 is 15.9 Å². The van der Waals surface area contributed by atoms with Crippen molar-refractivity contribution >= 4 is 26.0 Å². The summed E-state index contributed by atoms with van der Waals surface area (Å²) in [5, 5.41) is 8.84. The Bertz CT molecular complexity index is 459. The number of aliphatic hydroxyl groups is 1. The van der Waals surface area contributed by atoms with E-state index in [1.54, 1.807) is 12.1 Å². The maximum atomic E-state index is 11.9. The molecule has 1 aromatic rings. The predicted octanol–water partition coefficient (Wildman–Crippen LogP) is 2.03. The molecule has 0 saturated heterocycles. The standard InChI is InChI=1S/C12H18BrNO3S/c1-2-12(7-8-15)14-18(16,17)9-10-3-5-11(13)6-4-10/h3-6,12,14-15H,2,7-9H2,1H3. The van der Waals surface area contributed by atoms with Crippen molar-refractivity contribution in [3.8, 4) is 0 Å². The van der Waals surface area contributed by atoms with Gasteiger partial charge in [-0.05, 0) is 30.5 Å². The van der Waals surface area contributed by atoms with E-state index in [4.69, 9.17) is 5.11 Å². The van der Waals surface area contributed by atoms with Gasteiger partial charge in [0.1, 0.15) is 0 Å². The molecule has 0 bridgehead atoms. The first kappa shape index (κ1) is 15.6. The Morgan fingerprint density at radius 3 is 2.44 bits per heavy atom. The minimum Gasteiger partial charge on any atom is -0.396 e. The number of benzene rings is 1. The summed E-state index contributed by atoms with van der Waals surface area (Å²) in [4.78, 5) is 0. The Balaban J connectivity index is 2.66. The van der Waals surface area contributed by atoms with Gasteiger partial charge >= 0.3 is 0 Å². The maximum Gasteiger partial charge on any atom is 0.216 e. The van der Waals surface area contributed by atoms with Crippen LogP contribution in [0.5, 0.6) is 0 Å². The Kier molecular flexibility index (Phi) is 6.28. The molecule has 6 heteroatoms. The lowest BCUT2D eigenvalue weighted by molar-refractivity contribution is 0.270. The van der Waals surface area contributed by atoms with Gasteiger partial charge in [-0.1, -0.05) is 35.0 Å². The SMILES string of the molecule is CCC(CCO)NS(=O)(=O)Cc1ccc(Br)cc1. The molecule has 0 aromatic heterocycles. The Morgan fingerprint density at radius 2 is 1.94 bits per heavy atom. The molecule has 102 valence electrons. The molecule has 18 heavy (non-hydrogen) atoms. The predicted molar refractivity (Wildman–Crippen MR) is 75.7 cm³/mol. The van der Waals surface area contributed by atoms with Crippen molar-refractivity contribution in [3.63, 3.8) is 0 Å². The molecule has 0 aliphatic carbocycles. The third kappa shape index (κ3) is 5.48. The van der Waals surface area contributed by atoms with Gasteiger partial charge in [-0.2, -0.15) is 0 Å². The lowest BCUT2D eigenvalue weighted by Gasteiger charge is -2.15. The molecule has 4 nitrogen and oxygen atoms in total. The third-order valence-electron chi connectivity index (χ3n) is 2.59. The maximum absolute atomic E-state index is 11.9. The van der Waals surface area contributed by atoms with Gasteiger partial charge in [0.25, 0.3) is 0 Å². The van der Waals surface area contributed by atoms with E-state index in [2.05, 4.69) is 20.7 Å². The molecule has 1 atom stereocenters. The van der Waals surface area contributed by atoms with E-state index < -0.39 is 10.0 Å². The minimum absolute atomic E-state index is 0.0146. The van der Waals surface area contributed by atoms with Crippen molar-refractivity contribution < 1.29 is 13.5 Å². The van der Waals surface area contributed by atoms with E-state index in [0.717, 1.165) is 10.0 Å². The van der Waals surface area contributed by atoms with Crippen LogP contribution in [0.15, 0.2) is 28.7 Å². The third-order valence-corrected chi connectivity index (χ3v) is 4.52. The van der Waals surface area contributed by atoms with Crippen molar-refractivity contribution in [2.24, 2.45) is 0 Å². The summed E-state index contributed by atoms with van der Waals surface area (Å²) in [5.74, 6) is -0.0395. The van der Waals surface area contributed by atoms with E-state index in [1.165, 1.54) is 0 Å². The van der Waals surface area contributed by atoms with E-state index in [1.807, 2.05) is 19.1 Å². The van der Waals surface area contributed by atoms with Gasteiger partial charge in [0.2, 0.25) is 10.0 Å². The minimum atomic E-state index is -3.36. The highest BCUT2D eigenvalue weighted by Gasteiger charge is 2.16. The number of halogens is 1. The number of rotatable bonds is 7. The second-order valence-electron chi connectivity index (χ2n) is 4.12. The summed E-state index contributed by atoms with van der Waals surface area (Å²) in [6.07, 6.45) is 1.11. The zero-order chi connectivity index (χ0) is 13.6. The fourth-order valence-electron chi connectivity index (χ4n) is 1.60. The van der Waals surface area contributed by atoms with E-state index >= 15 is 0 Å². The second-order valence-corrected chi connectivity index (χ2v) is 6.79. The molecule has 1 unspecified atom stereocenters. The lowest BCUT2D eigenvalue weighted by atomic mass is 10.2. The van der Waals surface area contributed by atoms with Crippen LogP contribution in [0, 0.1) is 0 Å². The molecule has 1 rings (SSSR count). The fourth-order valence-corrected chi connectivity index (χ4v) is 3.37. The summed E-state index contributed by atoms with van der Waals surface area (Å²) < 4.78 is 27.4. The molecule has 0 radical (unpaired) electrons. The first-order valence-corrected chi connectivity index (χ1v) is 8.26. The van der Waals surface area contributed by atoms with Crippen LogP contribution < -0.4 is 4.72 Å². The van der Waals surface area contributed by atoms with Crippen molar-refractivity contribution in [2.45, 2.75) is 31.6 Å². The molecule has 0 amide bonds. The Hall–Kier alpha value is -0.430. The van der Waals surface area contributed by atoms with Gasteiger partial charge in [-0.15, -0.1) is 0 Å². The van der Waals surface area contributed by atoms with Crippen LogP contribution in [0.4, 0.5) is 0 Å². The number of hydrogen-bond acceptors (Lipinski definition) is 3. The number of nitrogens with one attached hydrogen (secondary N) is 1. The van der Waals surface area contributed by atoms with Crippen LogP contribution in [-0.4, -0.2) is 26.2 Å². The highest BCUT2D eigenvalue weighted by atomic mass is 79.9. The van der Waals surface area contributed by atoms with Crippen molar-refractivity contribution in [3.05, 3.63) is 34.3 Å². The van der Waals surface area contributed by atoms with Gasteiger partial charge in [0, 0.05) is 17.1 Å². The molecule has 0 saturated carbocycles. The normalized spacial score (nSPS) is 13.5. The lowest BCUT2D eigenvalue weighted by Crippen LogP contribution is -2.35. The molecular weight excluding hydrogens is 318 g/mol. The van der Waals surface area contributed by atoms with Crippen LogP contribution in [0.1, 0.15) is 25.3 Å². The zero-order valence-electron chi connectivity index (χ0n) is 10.3. The highest BCUT2D eigenvalue weighted by Crippen LogP contribution is 2.13. The van der Waals surface area contributed by atoms with Gasteiger partial charge < -0.3 is 5.11 Å². The molecule has 1 aromatic carbocycles. The number of hydrogen-bond donors (Lipinski definition) is 2. The molecular formula is C12H18BrNO3S. The van der Waals surface area contributed by atoms with Gasteiger partial charge in [0.05, 0.1) is 5.75 Å². The number of aliphatic hydroxyl groups excluding tert-OH is 1.